The number of nitrogen functional groups attached to an aromatic ring is 1. The quantitative estimate of drug-likeness (QED) is 0.649. The second-order valence-corrected chi connectivity index (χ2v) is 5.58. The van der Waals surface area contributed by atoms with E-state index in [1.807, 2.05) is 11.4 Å². The molecule has 1 fully saturated rings. The molecule has 19 heavy (non-hydrogen) atoms. The van der Waals surface area contributed by atoms with Crippen LogP contribution in [0.2, 0.25) is 0 Å². The minimum Gasteiger partial charge on any atom is -0.376 e. The fourth-order valence-corrected chi connectivity index (χ4v) is 3.10. The Bertz CT molecular complexity index is 572. The number of thiophene rings is 1. The van der Waals surface area contributed by atoms with Crippen LogP contribution in [-0.4, -0.2) is 40.7 Å². The smallest absolute Gasteiger partial charge is 0.152 e. The number of aromatic nitrogens is 2. The highest BCUT2D eigenvalue weighted by Gasteiger charge is 2.18. The number of morpholine rings is 1. The van der Waals surface area contributed by atoms with Crippen LogP contribution in [0.1, 0.15) is 12.7 Å². The van der Waals surface area contributed by atoms with Crippen LogP contribution in [0.3, 0.4) is 0 Å². The summed E-state index contributed by atoms with van der Waals surface area (Å²) in [5, 5.41) is 2.98. The predicted octanol–water partition coefficient (Wildman–Crippen LogP) is 1.20. The summed E-state index contributed by atoms with van der Waals surface area (Å²) in [5.74, 6) is 7.03. The van der Waals surface area contributed by atoms with E-state index < -0.39 is 0 Å². The van der Waals surface area contributed by atoms with Gasteiger partial charge in [-0.05, 0) is 18.4 Å². The Balaban J connectivity index is 1.84. The molecular formula is C12H17N5OS. The monoisotopic (exact) mass is 279 g/mol. The lowest BCUT2D eigenvalue weighted by Crippen LogP contribution is -2.40. The Morgan fingerprint density at radius 1 is 1.58 bits per heavy atom. The molecule has 0 amide bonds. The van der Waals surface area contributed by atoms with Gasteiger partial charge in [0.05, 0.1) is 24.6 Å². The van der Waals surface area contributed by atoms with Gasteiger partial charge >= 0.3 is 0 Å². The maximum atomic E-state index is 5.54. The van der Waals surface area contributed by atoms with Gasteiger partial charge in [-0.3, -0.25) is 4.90 Å². The third-order valence-electron chi connectivity index (χ3n) is 3.20. The van der Waals surface area contributed by atoms with Gasteiger partial charge in [-0.15, -0.1) is 11.3 Å². The van der Waals surface area contributed by atoms with Gasteiger partial charge in [0, 0.05) is 13.1 Å². The Kier molecular flexibility index (Phi) is 3.61. The van der Waals surface area contributed by atoms with Crippen LogP contribution in [0.15, 0.2) is 11.4 Å². The number of hydrazine groups is 1. The van der Waals surface area contributed by atoms with Crippen molar-refractivity contribution < 1.29 is 4.74 Å². The van der Waals surface area contributed by atoms with Gasteiger partial charge in [-0.2, -0.15) is 0 Å². The van der Waals surface area contributed by atoms with Gasteiger partial charge in [0.25, 0.3) is 0 Å². The molecule has 0 aromatic carbocycles. The number of hydrogen-bond acceptors (Lipinski definition) is 7. The van der Waals surface area contributed by atoms with E-state index in [4.69, 9.17) is 10.6 Å². The third kappa shape index (κ3) is 2.69. The summed E-state index contributed by atoms with van der Waals surface area (Å²) in [6, 6.07) is 1.98. The topological polar surface area (TPSA) is 76.3 Å². The Morgan fingerprint density at radius 3 is 3.26 bits per heavy atom. The zero-order valence-corrected chi connectivity index (χ0v) is 11.6. The first-order chi connectivity index (χ1) is 9.26. The molecule has 102 valence electrons. The van der Waals surface area contributed by atoms with E-state index in [2.05, 4.69) is 27.2 Å². The number of hydrogen-bond donors (Lipinski definition) is 2. The van der Waals surface area contributed by atoms with E-state index in [0.29, 0.717) is 5.82 Å². The molecule has 1 aliphatic rings. The van der Waals surface area contributed by atoms with Crippen molar-refractivity contribution in [3.8, 4) is 0 Å². The maximum Gasteiger partial charge on any atom is 0.152 e. The average Bonchev–Trinajstić information content (AvgIpc) is 2.86. The summed E-state index contributed by atoms with van der Waals surface area (Å²) in [7, 11) is 0. The van der Waals surface area contributed by atoms with Crippen molar-refractivity contribution in [3.05, 3.63) is 17.3 Å². The van der Waals surface area contributed by atoms with Gasteiger partial charge < -0.3 is 10.2 Å². The molecule has 2 aromatic heterocycles. The fourth-order valence-electron chi connectivity index (χ4n) is 2.31. The highest BCUT2D eigenvalue weighted by atomic mass is 32.1. The largest absolute Gasteiger partial charge is 0.376 e. The van der Waals surface area contributed by atoms with Gasteiger partial charge in [0.15, 0.2) is 5.82 Å². The summed E-state index contributed by atoms with van der Waals surface area (Å²) < 4.78 is 5.54. The molecule has 0 saturated carbocycles. The van der Waals surface area contributed by atoms with Crippen LogP contribution in [0.5, 0.6) is 0 Å². The van der Waals surface area contributed by atoms with Crippen LogP contribution in [0.4, 0.5) is 5.82 Å². The van der Waals surface area contributed by atoms with E-state index >= 15 is 0 Å². The lowest BCUT2D eigenvalue weighted by atomic mass is 10.3. The lowest BCUT2D eigenvalue weighted by molar-refractivity contribution is -0.0219. The normalized spacial score (nSPS) is 20.8. The zero-order valence-electron chi connectivity index (χ0n) is 10.8. The van der Waals surface area contributed by atoms with Gasteiger partial charge in [0.1, 0.15) is 10.7 Å². The first kappa shape index (κ1) is 12.7. The third-order valence-corrected chi connectivity index (χ3v) is 4.00. The van der Waals surface area contributed by atoms with Crippen molar-refractivity contribution in [1.82, 2.24) is 14.9 Å². The van der Waals surface area contributed by atoms with Gasteiger partial charge in [0.2, 0.25) is 0 Å². The molecule has 3 heterocycles. The van der Waals surface area contributed by atoms with Crippen LogP contribution < -0.4 is 11.3 Å². The molecule has 3 rings (SSSR count). The van der Waals surface area contributed by atoms with Crippen molar-refractivity contribution in [3.63, 3.8) is 0 Å². The number of fused-ring (bicyclic) bond motifs is 1. The molecule has 0 spiro atoms. The number of nitrogens with two attached hydrogens (primary N) is 1. The molecule has 0 aliphatic carbocycles. The minimum absolute atomic E-state index is 0.270. The molecule has 1 atom stereocenters. The Labute approximate surface area is 115 Å². The van der Waals surface area contributed by atoms with Gasteiger partial charge in [-0.1, -0.05) is 0 Å². The highest BCUT2D eigenvalue weighted by Crippen LogP contribution is 2.24. The predicted molar refractivity (Wildman–Crippen MR) is 75.9 cm³/mol. The van der Waals surface area contributed by atoms with Crippen molar-refractivity contribution in [2.75, 3.05) is 25.1 Å². The first-order valence-corrected chi connectivity index (χ1v) is 7.19. The van der Waals surface area contributed by atoms with Crippen LogP contribution in [0, 0.1) is 0 Å². The van der Waals surface area contributed by atoms with E-state index in [9.17, 15) is 0 Å². The maximum absolute atomic E-state index is 5.54. The first-order valence-electron chi connectivity index (χ1n) is 6.31. The number of nitrogens with zero attached hydrogens (tertiary/aromatic N) is 3. The van der Waals surface area contributed by atoms with Crippen molar-refractivity contribution in [2.24, 2.45) is 5.84 Å². The van der Waals surface area contributed by atoms with Crippen LogP contribution in [-0.2, 0) is 11.3 Å². The summed E-state index contributed by atoms with van der Waals surface area (Å²) in [6.07, 6.45) is 0.270. The Morgan fingerprint density at radius 2 is 2.47 bits per heavy atom. The number of anilines is 1. The van der Waals surface area contributed by atoms with E-state index in [-0.39, 0.29) is 6.10 Å². The van der Waals surface area contributed by atoms with E-state index in [1.54, 1.807) is 11.3 Å². The molecule has 7 heteroatoms. The molecule has 0 bridgehead atoms. The summed E-state index contributed by atoms with van der Waals surface area (Å²) in [4.78, 5) is 12.4. The van der Waals surface area contributed by atoms with Crippen molar-refractivity contribution in [1.29, 1.82) is 0 Å². The fraction of sp³-hybridized carbons (Fsp3) is 0.500. The van der Waals surface area contributed by atoms with Crippen molar-refractivity contribution in [2.45, 2.75) is 19.6 Å². The second kappa shape index (κ2) is 5.38. The number of nitrogens with one attached hydrogen (secondary N) is 1. The summed E-state index contributed by atoms with van der Waals surface area (Å²) in [6.45, 7) is 5.42. The lowest BCUT2D eigenvalue weighted by Gasteiger charge is -2.30. The highest BCUT2D eigenvalue weighted by molar-refractivity contribution is 7.16. The van der Waals surface area contributed by atoms with E-state index in [1.165, 1.54) is 0 Å². The molecule has 6 nitrogen and oxygen atoms in total. The minimum atomic E-state index is 0.270. The van der Waals surface area contributed by atoms with Crippen molar-refractivity contribution >= 4 is 27.4 Å². The molecule has 2 aromatic rings. The molecule has 3 N–H and O–H groups in total. The second-order valence-electron chi connectivity index (χ2n) is 4.69. The average molecular weight is 279 g/mol. The van der Waals surface area contributed by atoms with Gasteiger partial charge in [-0.25, -0.2) is 15.8 Å². The number of rotatable bonds is 3. The number of ether oxygens (including phenoxy) is 1. The molecule has 1 aliphatic heterocycles. The molecule has 1 unspecified atom stereocenters. The summed E-state index contributed by atoms with van der Waals surface area (Å²) >= 11 is 1.60. The molecule has 1 saturated heterocycles. The van der Waals surface area contributed by atoms with E-state index in [0.717, 1.165) is 42.3 Å². The summed E-state index contributed by atoms with van der Waals surface area (Å²) in [5.41, 5.74) is 2.65. The van der Waals surface area contributed by atoms with Crippen LogP contribution >= 0.6 is 11.3 Å². The standard InChI is InChI=1S/C12H17N5OS/c1-8-6-17(3-4-18-8)7-10-14-11(16-13)9-2-5-19-12(9)15-10/h2,5,8H,3-4,6-7,13H2,1H3,(H,14,15,16). The SMILES string of the molecule is CC1CN(Cc2nc(NN)c3ccsc3n2)CCO1. The molecular weight excluding hydrogens is 262 g/mol. The zero-order chi connectivity index (χ0) is 13.2. The van der Waals surface area contributed by atoms with Crippen LogP contribution in [0.25, 0.3) is 10.2 Å². The molecule has 0 radical (unpaired) electrons. The Hall–Kier alpha value is -1.28.